The summed E-state index contributed by atoms with van der Waals surface area (Å²) in [5.74, 6) is 0. The van der Waals surface area contributed by atoms with E-state index in [-0.39, 0.29) is 40.0 Å². The summed E-state index contributed by atoms with van der Waals surface area (Å²) in [6.45, 7) is 0. The van der Waals surface area contributed by atoms with Crippen molar-refractivity contribution in [3.63, 3.8) is 0 Å². The lowest BCUT2D eigenvalue weighted by Crippen LogP contribution is -2.11. The lowest BCUT2D eigenvalue weighted by Gasteiger charge is -2.28. The third-order valence-corrected chi connectivity index (χ3v) is 10.5. The molecule has 56 heavy (non-hydrogen) atoms. The fourth-order valence-electron chi connectivity index (χ4n) is 7.99. The van der Waals surface area contributed by atoms with Crippen molar-refractivity contribution in [1.82, 2.24) is 0 Å². The predicted octanol–water partition coefficient (Wildman–Crippen LogP) is 15.5. The van der Waals surface area contributed by atoms with Crippen molar-refractivity contribution in [2.75, 3.05) is 4.90 Å². The molecule has 262 valence electrons. The molecule has 0 saturated heterocycles. The van der Waals surface area contributed by atoms with Crippen LogP contribution in [0.3, 0.4) is 0 Å². The van der Waals surface area contributed by atoms with Crippen molar-refractivity contribution in [3.8, 4) is 33.4 Å². The molecular formula is C54H35NO. The third kappa shape index (κ3) is 5.19. The second kappa shape index (κ2) is 13.2. The summed E-state index contributed by atoms with van der Waals surface area (Å²) in [7, 11) is 0. The van der Waals surface area contributed by atoms with Gasteiger partial charge in [0.2, 0.25) is 0 Å². The first-order chi connectivity index (χ1) is 32.8. The van der Waals surface area contributed by atoms with Gasteiger partial charge in [0.15, 0.2) is 5.58 Å². The number of benzene rings is 10. The molecule has 0 aliphatic carbocycles. The van der Waals surface area contributed by atoms with Crippen LogP contribution >= 0.6 is 0 Å². The van der Waals surface area contributed by atoms with E-state index in [1.165, 1.54) is 0 Å². The molecule has 0 saturated carbocycles. The average Bonchev–Trinajstić information content (AvgIpc) is 3.75. The number of anilines is 3. The maximum absolute atomic E-state index is 9.20. The molecule has 2 heteroatoms. The van der Waals surface area contributed by atoms with Gasteiger partial charge in [-0.1, -0.05) is 182 Å². The molecule has 0 fully saturated rings. The van der Waals surface area contributed by atoms with Crippen molar-refractivity contribution < 1.29 is 20.9 Å². The number of furan rings is 1. The first-order valence-corrected chi connectivity index (χ1v) is 18.2. The number of hydrogen-bond donors (Lipinski definition) is 0. The molecule has 11 aromatic rings. The first-order valence-electron chi connectivity index (χ1n) is 24.2. The molecule has 0 radical (unpaired) electrons. The highest BCUT2D eigenvalue weighted by Gasteiger charge is 2.22. The molecule has 0 unspecified atom stereocenters. The first kappa shape index (κ1) is 22.1. The second-order valence-electron chi connectivity index (χ2n) is 13.5. The largest absolute Gasteiger partial charge is 0.454 e. The summed E-state index contributed by atoms with van der Waals surface area (Å²) < 4.78 is 111. The van der Waals surface area contributed by atoms with Gasteiger partial charge in [0, 0.05) is 21.8 Å². The van der Waals surface area contributed by atoms with Gasteiger partial charge in [-0.25, -0.2) is 0 Å². The third-order valence-electron chi connectivity index (χ3n) is 10.5. The van der Waals surface area contributed by atoms with Gasteiger partial charge in [0.1, 0.15) is 5.58 Å². The number of fused-ring (bicyclic) bond motifs is 6. The zero-order valence-corrected chi connectivity index (χ0v) is 29.6. The van der Waals surface area contributed by atoms with E-state index in [0.717, 1.165) is 43.7 Å². The smallest absolute Gasteiger partial charge is 0.159 e. The summed E-state index contributed by atoms with van der Waals surface area (Å²) in [6.07, 6.45) is 0. The normalized spacial score (nSPS) is 14.6. The quantitative estimate of drug-likeness (QED) is 0.170. The molecule has 11 rings (SSSR count). The molecule has 1 aromatic heterocycles. The molecular weight excluding hydrogens is 679 g/mol. The predicted molar refractivity (Wildman–Crippen MR) is 237 cm³/mol. The van der Waals surface area contributed by atoms with E-state index in [1.807, 2.05) is 127 Å². The van der Waals surface area contributed by atoms with Crippen LogP contribution in [0.1, 0.15) is 16.4 Å². The summed E-state index contributed by atoms with van der Waals surface area (Å²) in [5.41, 5.74) is 6.31. The van der Waals surface area contributed by atoms with Gasteiger partial charge in [-0.15, -0.1) is 0 Å². The van der Waals surface area contributed by atoms with Gasteiger partial charge >= 0.3 is 0 Å². The van der Waals surface area contributed by atoms with E-state index in [2.05, 4.69) is 4.90 Å². The van der Waals surface area contributed by atoms with Gasteiger partial charge in [-0.3, -0.25) is 0 Å². The van der Waals surface area contributed by atoms with Gasteiger partial charge in [-0.2, -0.15) is 0 Å². The topological polar surface area (TPSA) is 16.4 Å². The standard InChI is InChI=1S/C54H35NO/c1-2-14-37(15-3-1)42-24-11-18-39-19-12-25-43(53(39)42)38-30-32-40(33-31-38)55(51-28-13-27-49-48-23-8-9-29-52(48)56-54(49)51)50-35-34-46(45-21-6-7-22-47(45)50)44-26-10-17-36-16-4-5-20-41(36)44/h1-35H/i1D,2D,3D,4D,5D,10D,14D,15D,16D,17D,20D,26D. The van der Waals surface area contributed by atoms with Crippen LogP contribution in [-0.2, 0) is 0 Å². The molecule has 10 aromatic carbocycles. The summed E-state index contributed by atoms with van der Waals surface area (Å²) in [6, 6.07) is 39.4. The van der Waals surface area contributed by atoms with Crippen LogP contribution < -0.4 is 4.90 Å². The summed E-state index contributed by atoms with van der Waals surface area (Å²) in [4.78, 5) is 2.08. The Kier molecular flexibility index (Phi) is 5.19. The van der Waals surface area contributed by atoms with Crippen molar-refractivity contribution in [1.29, 1.82) is 0 Å². The minimum atomic E-state index is -0.518. The zero-order valence-electron chi connectivity index (χ0n) is 41.6. The number of para-hydroxylation sites is 2. The molecule has 0 amide bonds. The van der Waals surface area contributed by atoms with E-state index in [9.17, 15) is 1.37 Å². The number of hydrogen-bond acceptors (Lipinski definition) is 2. The van der Waals surface area contributed by atoms with Gasteiger partial charge in [0.05, 0.1) is 27.8 Å². The van der Waals surface area contributed by atoms with Crippen LogP contribution in [0, 0.1) is 0 Å². The Bertz CT molecular complexity index is 3920. The van der Waals surface area contributed by atoms with Crippen LogP contribution in [0.25, 0.3) is 87.6 Å². The SMILES string of the molecule is [2H]c1c([2H])c([2H])c(-c2cccc3cccc(-c4ccc(N(c5ccc(-c6c([2H])c([2H])c([2H])c7c([2H])c([2H])c([2H])c([2H])c67)c6ccccc56)c5cccc6c5oc5ccccc56)cc4)c23)c([2H])c1[2H]. The Balaban J connectivity index is 1.15. The molecule has 0 N–H and O–H groups in total. The van der Waals surface area contributed by atoms with Crippen LogP contribution in [0.2, 0.25) is 0 Å². The van der Waals surface area contributed by atoms with Crippen LogP contribution in [0.5, 0.6) is 0 Å². The van der Waals surface area contributed by atoms with Gasteiger partial charge < -0.3 is 9.32 Å². The highest BCUT2D eigenvalue weighted by atomic mass is 16.3. The highest BCUT2D eigenvalue weighted by molar-refractivity contribution is 6.14. The Morgan fingerprint density at radius 1 is 0.375 bits per heavy atom. The maximum atomic E-state index is 9.20. The highest BCUT2D eigenvalue weighted by Crippen LogP contribution is 2.47. The minimum Gasteiger partial charge on any atom is -0.454 e. The monoisotopic (exact) mass is 725 g/mol. The Morgan fingerprint density at radius 2 is 1.05 bits per heavy atom. The Hall–Kier alpha value is -7.42. The lowest BCUT2D eigenvalue weighted by molar-refractivity contribution is 0.669. The second-order valence-corrected chi connectivity index (χ2v) is 13.5. The average molecular weight is 726 g/mol. The molecule has 0 aliphatic heterocycles. The molecule has 0 spiro atoms. The summed E-state index contributed by atoms with van der Waals surface area (Å²) >= 11 is 0. The maximum Gasteiger partial charge on any atom is 0.159 e. The van der Waals surface area contributed by atoms with E-state index in [0.29, 0.717) is 39.1 Å². The molecule has 2 nitrogen and oxygen atoms in total. The van der Waals surface area contributed by atoms with Crippen LogP contribution in [0.4, 0.5) is 17.1 Å². The number of rotatable bonds is 6. The van der Waals surface area contributed by atoms with Crippen LogP contribution in [-0.4, -0.2) is 0 Å². The fraction of sp³-hybridized carbons (Fsp3) is 0. The Labute approximate surface area is 342 Å². The zero-order chi connectivity index (χ0) is 47.4. The van der Waals surface area contributed by atoms with E-state index >= 15 is 0 Å². The van der Waals surface area contributed by atoms with Crippen molar-refractivity contribution in [3.05, 3.63) is 212 Å². The van der Waals surface area contributed by atoms with Crippen molar-refractivity contribution >= 4 is 71.3 Å². The van der Waals surface area contributed by atoms with E-state index in [4.69, 9.17) is 19.5 Å². The molecule has 0 atom stereocenters. The Morgan fingerprint density at radius 3 is 1.89 bits per heavy atom. The molecule has 0 bridgehead atoms. The molecule has 1 heterocycles. The number of nitrogens with zero attached hydrogens (tertiary/aromatic N) is 1. The lowest BCUT2D eigenvalue weighted by atomic mass is 9.91. The molecule has 0 aliphatic rings. The van der Waals surface area contributed by atoms with Gasteiger partial charge in [0.25, 0.3) is 0 Å². The van der Waals surface area contributed by atoms with Gasteiger partial charge in [-0.05, 0) is 90.6 Å². The fourth-order valence-corrected chi connectivity index (χ4v) is 7.99. The van der Waals surface area contributed by atoms with Crippen molar-refractivity contribution in [2.45, 2.75) is 0 Å². The minimum absolute atomic E-state index is 0.00237. The van der Waals surface area contributed by atoms with Crippen LogP contribution in [0.15, 0.2) is 216 Å². The van der Waals surface area contributed by atoms with E-state index in [1.54, 1.807) is 12.1 Å². The van der Waals surface area contributed by atoms with Crippen molar-refractivity contribution in [2.24, 2.45) is 0 Å². The summed E-state index contributed by atoms with van der Waals surface area (Å²) in [5, 5.41) is 4.63. The van der Waals surface area contributed by atoms with E-state index < -0.39 is 54.4 Å².